The van der Waals surface area contributed by atoms with E-state index in [1.165, 1.54) is 5.56 Å². The predicted molar refractivity (Wildman–Crippen MR) is 69.7 cm³/mol. The SMILES string of the molecule is CCCC(CN)C(=O)C1CC1c1ccccc1. The van der Waals surface area contributed by atoms with Gasteiger partial charge in [0.2, 0.25) is 0 Å². The van der Waals surface area contributed by atoms with Gasteiger partial charge in [-0.2, -0.15) is 0 Å². The summed E-state index contributed by atoms with van der Waals surface area (Å²) in [5, 5.41) is 0. The van der Waals surface area contributed by atoms with Gasteiger partial charge in [0.1, 0.15) is 5.78 Å². The Morgan fingerprint density at radius 2 is 2.12 bits per heavy atom. The van der Waals surface area contributed by atoms with Crippen LogP contribution in [0.4, 0.5) is 0 Å². The maximum absolute atomic E-state index is 12.2. The van der Waals surface area contributed by atoms with E-state index in [0.29, 0.717) is 18.2 Å². The number of Topliss-reactive ketones (excluding diaryl/α,β-unsaturated/α-hetero) is 1. The van der Waals surface area contributed by atoms with E-state index in [2.05, 4.69) is 19.1 Å². The average molecular weight is 231 g/mol. The third kappa shape index (κ3) is 2.75. The molecule has 0 bridgehead atoms. The number of ketones is 1. The summed E-state index contributed by atoms with van der Waals surface area (Å²) in [6.45, 7) is 2.61. The van der Waals surface area contributed by atoms with Gasteiger partial charge < -0.3 is 5.73 Å². The van der Waals surface area contributed by atoms with Crippen molar-refractivity contribution in [3.05, 3.63) is 35.9 Å². The highest BCUT2D eigenvalue weighted by molar-refractivity contribution is 5.87. The molecule has 17 heavy (non-hydrogen) atoms. The molecule has 2 rings (SSSR count). The molecule has 0 amide bonds. The number of hydrogen-bond donors (Lipinski definition) is 1. The molecule has 3 unspecified atom stereocenters. The molecule has 1 fully saturated rings. The molecule has 0 saturated heterocycles. The molecule has 0 radical (unpaired) electrons. The van der Waals surface area contributed by atoms with E-state index in [-0.39, 0.29) is 11.8 Å². The first-order valence-corrected chi connectivity index (χ1v) is 6.56. The lowest BCUT2D eigenvalue weighted by molar-refractivity contribution is -0.124. The van der Waals surface area contributed by atoms with Gasteiger partial charge in [0, 0.05) is 18.4 Å². The highest BCUT2D eigenvalue weighted by atomic mass is 16.1. The maximum atomic E-state index is 12.2. The zero-order chi connectivity index (χ0) is 12.3. The molecule has 2 N–H and O–H groups in total. The van der Waals surface area contributed by atoms with Gasteiger partial charge in [-0.15, -0.1) is 0 Å². The van der Waals surface area contributed by atoms with E-state index in [0.717, 1.165) is 19.3 Å². The predicted octanol–water partition coefficient (Wildman–Crippen LogP) is 2.73. The monoisotopic (exact) mass is 231 g/mol. The number of nitrogens with two attached hydrogens (primary N) is 1. The molecule has 1 aromatic carbocycles. The molecule has 1 aliphatic rings. The first kappa shape index (κ1) is 12.3. The van der Waals surface area contributed by atoms with Crippen LogP contribution in [0.2, 0.25) is 0 Å². The van der Waals surface area contributed by atoms with Crippen molar-refractivity contribution >= 4 is 5.78 Å². The summed E-state index contributed by atoms with van der Waals surface area (Å²) in [7, 11) is 0. The van der Waals surface area contributed by atoms with E-state index in [1.807, 2.05) is 18.2 Å². The smallest absolute Gasteiger partial charge is 0.140 e. The maximum Gasteiger partial charge on any atom is 0.140 e. The van der Waals surface area contributed by atoms with Crippen molar-refractivity contribution in [2.45, 2.75) is 32.1 Å². The van der Waals surface area contributed by atoms with Gasteiger partial charge in [-0.1, -0.05) is 43.7 Å². The largest absolute Gasteiger partial charge is 0.330 e. The van der Waals surface area contributed by atoms with Crippen LogP contribution in [0.5, 0.6) is 0 Å². The summed E-state index contributed by atoms with van der Waals surface area (Å²) in [4.78, 5) is 12.2. The lowest BCUT2D eigenvalue weighted by atomic mass is 9.94. The summed E-state index contributed by atoms with van der Waals surface area (Å²) in [5.74, 6) is 1.16. The van der Waals surface area contributed by atoms with Crippen molar-refractivity contribution in [1.82, 2.24) is 0 Å². The van der Waals surface area contributed by atoms with Crippen LogP contribution in [-0.4, -0.2) is 12.3 Å². The Morgan fingerprint density at radius 3 is 2.71 bits per heavy atom. The standard InChI is InChI=1S/C15H21NO/c1-2-6-12(10-16)15(17)14-9-13(14)11-7-4-3-5-8-11/h3-5,7-8,12-14H,2,6,9-10,16H2,1H3. The Kier molecular flexibility index (Phi) is 3.95. The van der Waals surface area contributed by atoms with Crippen molar-refractivity contribution in [2.24, 2.45) is 17.6 Å². The third-order valence-electron chi connectivity index (χ3n) is 3.71. The second kappa shape index (κ2) is 5.46. The number of hydrogen-bond acceptors (Lipinski definition) is 2. The second-order valence-corrected chi connectivity index (χ2v) is 4.98. The van der Waals surface area contributed by atoms with E-state index in [4.69, 9.17) is 5.73 Å². The van der Waals surface area contributed by atoms with Crippen LogP contribution in [0.25, 0.3) is 0 Å². The van der Waals surface area contributed by atoms with Crippen LogP contribution in [-0.2, 0) is 4.79 Å². The average Bonchev–Trinajstić information content (AvgIpc) is 3.16. The van der Waals surface area contributed by atoms with Gasteiger partial charge in [-0.3, -0.25) is 4.79 Å². The van der Waals surface area contributed by atoms with Gasteiger partial charge in [-0.25, -0.2) is 0 Å². The quantitative estimate of drug-likeness (QED) is 0.818. The Balaban J connectivity index is 1.96. The summed E-state index contributed by atoms with van der Waals surface area (Å²) >= 11 is 0. The van der Waals surface area contributed by atoms with Gasteiger partial charge >= 0.3 is 0 Å². The fraction of sp³-hybridized carbons (Fsp3) is 0.533. The molecule has 0 aliphatic heterocycles. The van der Waals surface area contributed by atoms with Crippen LogP contribution >= 0.6 is 0 Å². The summed E-state index contributed by atoms with van der Waals surface area (Å²) in [6, 6.07) is 10.3. The van der Waals surface area contributed by atoms with Gasteiger partial charge in [0.15, 0.2) is 0 Å². The fourth-order valence-electron chi connectivity index (χ4n) is 2.61. The van der Waals surface area contributed by atoms with Gasteiger partial charge in [-0.05, 0) is 24.3 Å². The summed E-state index contributed by atoms with van der Waals surface area (Å²) < 4.78 is 0. The molecular formula is C15H21NO. The van der Waals surface area contributed by atoms with E-state index in [9.17, 15) is 4.79 Å². The molecule has 92 valence electrons. The molecule has 1 aliphatic carbocycles. The van der Waals surface area contributed by atoms with Crippen molar-refractivity contribution in [3.63, 3.8) is 0 Å². The topological polar surface area (TPSA) is 43.1 Å². The molecule has 0 aromatic heterocycles. The molecule has 2 nitrogen and oxygen atoms in total. The number of benzene rings is 1. The zero-order valence-electron chi connectivity index (χ0n) is 10.4. The molecule has 2 heteroatoms. The lowest BCUT2D eigenvalue weighted by Gasteiger charge is -2.12. The van der Waals surface area contributed by atoms with Gasteiger partial charge in [0.25, 0.3) is 0 Å². The Labute approximate surface area is 103 Å². The number of rotatable bonds is 6. The Morgan fingerprint density at radius 1 is 1.41 bits per heavy atom. The minimum atomic E-state index is 0.0821. The molecule has 0 heterocycles. The van der Waals surface area contributed by atoms with E-state index in [1.54, 1.807) is 0 Å². The lowest BCUT2D eigenvalue weighted by Crippen LogP contribution is -2.25. The Hall–Kier alpha value is -1.15. The molecule has 1 aromatic rings. The Bertz CT molecular complexity index is 374. The summed E-state index contributed by atoms with van der Waals surface area (Å²) in [6.07, 6.45) is 2.99. The van der Waals surface area contributed by atoms with Crippen molar-refractivity contribution in [3.8, 4) is 0 Å². The van der Waals surface area contributed by atoms with Crippen LogP contribution in [0.15, 0.2) is 30.3 Å². The fourth-order valence-corrected chi connectivity index (χ4v) is 2.61. The highest BCUT2D eigenvalue weighted by Crippen LogP contribution is 2.49. The minimum absolute atomic E-state index is 0.0821. The third-order valence-corrected chi connectivity index (χ3v) is 3.71. The normalized spacial score (nSPS) is 24.4. The molecule has 0 spiro atoms. The van der Waals surface area contributed by atoms with E-state index < -0.39 is 0 Å². The van der Waals surface area contributed by atoms with Crippen LogP contribution < -0.4 is 5.73 Å². The summed E-state index contributed by atoms with van der Waals surface area (Å²) in [5.41, 5.74) is 6.99. The van der Waals surface area contributed by atoms with Crippen molar-refractivity contribution in [2.75, 3.05) is 6.54 Å². The van der Waals surface area contributed by atoms with Crippen LogP contribution in [0.3, 0.4) is 0 Å². The van der Waals surface area contributed by atoms with Crippen molar-refractivity contribution in [1.29, 1.82) is 0 Å². The number of carbonyl (C=O) groups excluding carboxylic acids is 1. The molecular weight excluding hydrogens is 210 g/mol. The second-order valence-electron chi connectivity index (χ2n) is 4.98. The van der Waals surface area contributed by atoms with Gasteiger partial charge in [0.05, 0.1) is 0 Å². The first-order chi connectivity index (χ1) is 8.27. The molecule has 3 atom stereocenters. The minimum Gasteiger partial charge on any atom is -0.330 e. The first-order valence-electron chi connectivity index (χ1n) is 6.56. The van der Waals surface area contributed by atoms with Crippen LogP contribution in [0.1, 0.15) is 37.7 Å². The van der Waals surface area contributed by atoms with E-state index >= 15 is 0 Å². The number of carbonyl (C=O) groups is 1. The van der Waals surface area contributed by atoms with Crippen molar-refractivity contribution < 1.29 is 4.79 Å². The molecule has 1 saturated carbocycles. The highest BCUT2D eigenvalue weighted by Gasteiger charge is 2.45. The zero-order valence-corrected chi connectivity index (χ0v) is 10.4. The van der Waals surface area contributed by atoms with Crippen LogP contribution in [0, 0.1) is 11.8 Å².